The number of nitriles is 1. The van der Waals surface area contributed by atoms with Gasteiger partial charge in [0.1, 0.15) is 6.04 Å². The Morgan fingerprint density at radius 3 is 2.44 bits per heavy atom. The van der Waals surface area contributed by atoms with Crippen LogP contribution in [0.3, 0.4) is 0 Å². The number of amides is 1. The summed E-state index contributed by atoms with van der Waals surface area (Å²) in [5.41, 5.74) is 0. The third-order valence-corrected chi connectivity index (χ3v) is 3.84. The van der Waals surface area contributed by atoms with Gasteiger partial charge in [-0.25, -0.2) is 13.2 Å². The van der Waals surface area contributed by atoms with E-state index in [4.69, 9.17) is 10.4 Å². The van der Waals surface area contributed by atoms with Gasteiger partial charge in [0, 0.05) is 13.3 Å². The van der Waals surface area contributed by atoms with Gasteiger partial charge in [0.05, 0.1) is 17.6 Å². The molecule has 1 amide bonds. The Hall–Kier alpha value is -1.62. The van der Waals surface area contributed by atoms with E-state index >= 15 is 0 Å². The van der Waals surface area contributed by atoms with E-state index < -0.39 is 33.5 Å². The van der Waals surface area contributed by atoms with E-state index in [0.717, 1.165) is 6.92 Å². The largest absolute Gasteiger partial charge is 0.480 e. The predicted octanol–water partition coefficient (Wildman–Crippen LogP) is -0.316. The molecule has 0 aliphatic heterocycles. The fourth-order valence-electron chi connectivity index (χ4n) is 1.28. The lowest BCUT2D eigenvalue weighted by Gasteiger charge is -2.13. The minimum absolute atomic E-state index is 0.182. The standard InChI is InChI=1S/C10H16N2O5S/c1-8(13)12-9(10(14)15)7-18(16,17)6-4-2-3-5-11/h9H,2-4,6-7H2,1H3,(H,12,13)(H,14,15)/t9-/m0/s1. The van der Waals surface area contributed by atoms with Crippen molar-refractivity contribution in [1.82, 2.24) is 5.32 Å². The highest BCUT2D eigenvalue weighted by Crippen LogP contribution is 2.02. The van der Waals surface area contributed by atoms with Crippen molar-refractivity contribution in [2.75, 3.05) is 11.5 Å². The first-order valence-electron chi connectivity index (χ1n) is 5.36. The number of nitrogens with one attached hydrogen (secondary N) is 1. The van der Waals surface area contributed by atoms with Crippen LogP contribution in [0.4, 0.5) is 0 Å². The van der Waals surface area contributed by atoms with E-state index in [-0.39, 0.29) is 12.2 Å². The number of sulfone groups is 1. The molecule has 2 N–H and O–H groups in total. The maximum Gasteiger partial charge on any atom is 0.327 e. The average Bonchev–Trinajstić information content (AvgIpc) is 2.22. The summed E-state index contributed by atoms with van der Waals surface area (Å²) >= 11 is 0. The fourth-order valence-corrected chi connectivity index (χ4v) is 2.83. The van der Waals surface area contributed by atoms with Crippen molar-refractivity contribution >= 4 is 21.7 Å². The quantitative estimate of drug-likeness (QED) is 0.586. The number of carboxylic acid groups (broad SMARTS) is 1. The van der Waals surface area contributed by atoms with E-state index in [1.807, 2.05) is 6.07 Å². The summed E-state index contributed by atoms with van der Waals surface area (Å²) < 4.78 is 23.2. The van der Waals surface area contributed by atoms with Gasteiger partial charge in [0.25, 0.3) is 0 Å². The Bertz CT molecular complexity index is 438. The van der Waals surface area contributed by atoms with Crippen LogP contribution in [-0.2, 0) is 19.4 Å². The maximum atomic E-state index is 11.6. The third-order valence-electron chi connectivity index (χ3n) is 2.09. The van der Waals surface area contributed by atoms with E-state index in [9.17, 15) is 18.0 Å². The number of carbonyl (C=O) groups excluding carboxylic acids is 1. The zero-order valence-corrected chi connectivity index (χ0v) is 10.9. The first kappa shape index (κ1) is 16.4. The molecular formula is C10H16N2O5S. The minimum atomic E-state index is -3.56. The van der Waals surface area contributed by atoms with Crippen LogP contribution < -0.4 is 5.32 Å². The second-order valence-electron chi connectivity index (χ2n) is 3.82. The Balaban J connectivity index is 4.38. The minimum Gasteiger partial charge on any atom is -0.480 e. The summed E-state index contributed by atoms with van der Waals surface area (Å²) in [5.74, 6) is -2.79. The van der Waals surface area contributed by atoms with E-state index in [0.29, 0.717) is 12.8 Å². The summed E-state index contributed by atoms with van der Waals surface area (Å²) in [7, 11) is -3.56. The molecule has 0 radical (unpaired) electrons. The van der Waals surface area contributed by atoms with Gasteiger partial charge in [0.15, 0.2) is 9.84 Å². The normalized spacial score (nSPS) is 12.4. The van der Waals surface area contributed by atoms with Gasteiger partial charge >= 0.3 is 5.97 Å². The molecule has 0 fully saturated rings. The number of carbonyl (C=O) groups is 2. The molecule has 0 heterocycles. The molecule has 0 saturated carbocycles. The van der Waals surface area contributed by atoms with Crippen molar-refractivity contribution in [3.63, 3.8) is 0 Å². The van der Waals surface area contributed by atoms with E-state index in [1.54, 1.807) is 0 Å². The van der Waals surface area contributed by atoms with Gasteiger partial charge in [-0.05, 0) is 12.8 Å². The molecule has 102 valence electrons. The highest BCUT2D eigenvalue weighted by atomic mass is 32.2. The first-order chi connectivity index (χ1) is 8.28. The molecule has 7 nitrogen and oxygen atoms in total. The summed E-state index contributed by atoms with van der Waals surface area (Å²) in [4.78, 5) is 21.5. The fraction of sp³-hybridized carbons (Fsp3) is 0.700. The van der Waals surface area contributed by atoms with Crippen molar-refractivity contribution in [2.24, 2.45) is 0 Å². The van der Waals surface area contributed by atoms with E-state index in [1.165, 1.54) is 0 Å². The number of rotatable bonds is 8. The molecule has 0 spiro atoms. The SMILES string of the molecule is CC(=O)N[C@@H](CS(=O)(=O)CCCCC#N)C(=O)O. The Morgan fingerprint density at radius 2 is 2.00 bits per heavy atom. The van der Waals surface area contributed by atoms with Gasteiger partial charge in [-0.2, -0.15) is 5.26 Å². The molecule has 0 aromatic heterocycles. The van der Waals surface area contributed by atoms with Crippen LogP contribution in [0.15, 0.2) is 0 Å². The molecule has 0 saturated heterocycles. The Kier molecular flexibility index (Phi) is 6.97. The van der Waals surface area contributed by atoms with Crippen molar-refractivity contribution in [2.45, 2.75) is 32.2 Å². The molecule has 0 bridgehead atoms. The number of unbranched alkanes of at least 4 members (excludes halogenated alkanes) is 2. The maximum absolute atomic E-state index is 11.6. The van der Waals surface area contributed by atoms with Crippen LogP contribution in [0.2, 0.25) is 0 Å². The lowest BCUT2D eigenvalue weighted by atomic mass is 10.3. The lowest BCUT2D eigenvalue weighted by Crippen LogP contribution is -2.44. The first-order valence-corrected chi connectivity index (χ1v) is 7.18. The molecule has 0 aromatic rings. The predicted molar refractivity (Wildman–Crippen MR) is 63.4 cm³/mol. The van der Waals surface area contributed by atoms with Crippen molar-refractivity contribution in [3.8, 4) is 6.07 Å². The monoisotopic (exact) mass is 276 g/mol. The van der Waals surface area contributed by atoms with Gasteiger partial charge in [0.2, 0.25) is 5.91 Å². The third kappa shape index (κ3) is 7.62. The zero-order valence-electron chi connectivity index (χ0n) is 10.0. The molecular weight excluding hydrogens is 260 g/mol. The van der Waals surface area contributed by atoms with Gasteiger partial charge < -0.3 is 10.4 Å². The topological polar surface area (TPSA) is 124 Å². The molecule has 8 heteroatoms. The summed E-state index contributed by atoms with van der Waals surface area (Å²) in [6.07, 6.45) is 1.03. The van der Waals surface area contributed by atoms with Crippen LogP contribution in [0.5, 0.6) is 0 Å². The zero-order chi connectivity index (χ0) is 14.2. The summed E-state index contributed by atoms with van der Waals surface area (Å²) in [6.45, 7) is 1.12. The van der Waals surface area contributed by atoms with Crippen LogP contribution in [0.25, 0.3) is 0 Å². The number of nitrogens with zero attached hydrogens (tertiary/aromatic N) is 1. The molecule has 1 atom stereocenters. The highest BCUT2D eigenvalue weighted by Gasteiger charge is 2.25. The van der Waals surface area contributed by atoms with Gasteiger partial charge in [-0.3, -0.25) is 4.79 Å². The lowest BCUT2D eigenvalue weighted by molar-refractivity contribution is -0.140. The van der Waals surface area contributed by atoms with Crippen LogP contribution in [-0.4, -0.2) is 42.9 Å². The highest BCUT2D eigenvalue weighted by molar-refractivity contribution is 7.91. The second-order valence-corrected chi connectivity index (χ2v) is 6.05. The Morgan fingerprint density at radius 1 is 1.39 bits per heavy atom. The molecule has 0 aromatic carbocycles. The second kappa shape index (κ2) is 7.66. The van der Waals surface area contributed by atoms with Gasteiger partial charge in [-0.1, -0.05) is 0 Å². The summed E-state index contributed by atoms with van der Waals surface area (Å²) in [6, 6.07) is 0.466. The van der Waals surface area contributed by atoms with Crippen LogP contribution in [0, 0.1) is 11.3 Å². The average molecular weight is 276 g/mol. The van der Waals surface area contributed by atoms with E-state index in [2.05, 4.69) is 5.32 Å². The van der Waals surface area contributed by atoms with Crippen molar-refractivity contribution in [1.29, 1.82) is 5.26 Å². The molecule has 0 unspecified atom stereocenters. The number of carboxylic acids is 1. The smallest absolute Gasteiger partial charge is 0.327 e. The summed E-state index contributed by atoms with van der Waals surface area (Å²) in [5, 5.41) is 19.1. The molecule has 0 aliphatic carbocycles. The number of hydrogen-bond donors (Lipinski definition) is 2. The number of hydrogen-bond acceptors (Lipinski definition) is 5. The molecule has 18 heavy (non-hydrogen) atoms. The number of aliphatic carboxylic acids is 1. The van der Waals surface area contributed by atoms with Crippen molar-refractivity contribution < 1.29 is 23.1 Å². The molecule has 0 aliphatic rings. The molecule has 0 rings (SSSR count). The van der Waals surface area contributed by atoms with Gasteiger partial charge in [-0.15, -0.1) is 0 Å². The van der Waals surface area contributed by atoms with Crippen molar-refractivity contribution in [3.05, 3.63) is 0 Å². The Labute approximate surface area is 106 Å². The van der Waals surface area contributed by atoms with Crippen LogP contribution in [0.1, 0.15) is 26.2 Å². The van der Waals surface area contributed by atoms with Crippen LogP contribution >= 0.6 is 0 Å².